The summed E-state index contributed by atoms with van der Waals surface area (Å²) >= 11 is 0. The lowest BCUT2D eigenvalue weighted by Gasteiger charge is -2.60. The molecule has 2 N–H and O–H groups in total. The lowest BCUT2D eigenvalue weighted by Crippen LogP contribution is -2.65. The Morgan fingerprint density at radius 1 is 1.27 bits per heavy atom. The minimum absolute atomic E-state index is 0.0561. The fraction of sp³-hybridized carbons (Fsp3) is 0.917. The molecule has 3 heteroatoms. The maximum absolute atomic E-state index is 11.2. The van der Waals surface area contributed by atoms with Crippen molar-refractivity contribution in [3.05, 3.63) is 0 Å². The largest absolute Gasteiger partial charge is 0.390 e. The van der Waals surface area contributed by atoms with Gasteiger partial charge in [-0.25, -0.2) is 0 Å². The zero-order valence-electron chi connectivity index (χ0n) is 9.25. The van der Waals surface area contributed by atoms with Crippen LogP contribution in [0.25, 0.3) is 0 Å². The molecule has 2 atom stereocenters. The standard InChI is InChI=1S/C12H19NO2/c1-8(14)13-11-3-9-2-10(4-11)6-12(15,5-9)7-11/h9-10,15H,2-7H2,1H3,(H,13,14)/t9-,10-,11?,12?/m0/s1. The molecule has 0 unspecified atom stereocenters. The van der Waals surface area contributed by atoms with E-state index in [1.54, 1.807) is 6.92 Å². The molecular formula is C12H19NO2. The van der Waals surface area contributed by atoms with Gasteiger partial charge in [0.15, 0.2) is 0 Å². The summed E-state index contributed by atoms with van der Waals surface area (Å²) in [5, 5.41) is 13.5. The first-order valence-electron chi connectivity index (χ1n) is 6.00. The maximum Gasteiger partial charge on any atom is 0.217 e. The molecule has 4 fully saturated rings. The molecule has 0 radical (unpaired) electrons. The van der Waals surface area contributed by atoms with Gasteiger partial charge in [-0.1, -0.05) is 0 Å². The minimum Gasteiger partial charge on any atom is -0.390 e. The Kier molecular flexibility index (Phi) is 1.77. The second-order valence-corrected chi connectivity index (χ2v) is 6.15. The van der Waals surface area contributed by atoms with Gasteiger partial charge >= 0.3 is 0 Å². The molecule has 4 saturated carbocycles. The molecule has 4 bridgehead atoms. The highest BCUT2D eigenvalue weighted by Gasteiger charge is 2.57. The van der Waals surface area contributed by atoms with Crippen LogP contribution in [0.5, 0.6) is 0 Å². The van der Waals surface area contributed by atoms with Gasteiger partial charge in [0.25, 0.3) is 0 Å². The number of amides is 1. The van der Waals surface area contributed by atoms with Crippen LogP contribution in [-0.4, -0.2) is 22.2 Å². The van der Waals surface area contributed by atoms with Gasteiger partial charge < -0.3 is 10.4 Å². The van der Waals surface area contributed by atoms with Crippen molar-refractivity contribution in [3.63, 3.8) is 0 Å². The van der Waals surface area contributed by atoms with Crippen molar-refractivity contribution < 1.29 is 9.90 Å². The van der Waals surface area contributed by atoms with Gasteiger partial charge in [-0.3, -0.25) is 4.79 Å². The highest BCUT2D eigenvalue weighted by molar-refractivity contribution is 5.74. The van der Waals surface area contributed by atoms with Crippen molar-refractivity contribution >= 4 is 5.91 Å². The van der Waals surface area contributed by atoms with Gasteiger partial charge in [0.2, 0.25) is 5.91 Å². The van der Waals surface area contributed by atoms with E-state index < -0.39 is 5.60 Å². The number of carbonyl (C=O) groups is 1. The maximum atomic E-state index is 11.2. The van der Waals surface area contributed by atoms with Crippen LogP contribution in [0.3, 0.4) is 0 Å². The van der Waals surface area contributed by atoms with Crippen LogP contribution in [0.15, 0.2) is 0 Å². The quantitative estimate of drug-likeness (QED) is 0.682. The Morgan fingerprint density at radius 2 is 1.87 bits per heavy atom. The van der Waals surface area contributed by atoms with E-state index >= 15 is 0 Å². The average molecular weight is 209 g/mol. The van der Waals surface area contributed by atoms with Crippen molar-refractivity contribution in [2.45, 2.75) is 56.6 Å². The van der Waals surface area contributed by atoms with Crippen LogP contribution in [0.1, 0.15) is 45.4 Å². The first-order chi connectivity index (χ1) is 6.99. The van der Waals surface area contributed by atoms with Crippen LogP contribution in [0.2, 0.25) is 0 Å². The van der Waals surface area contributed by atoms with Gasteiger partial charge in [0.1, 0.15) is 0 Å². The highest BCUT2D eigenvalue weighted by atomic mass is 16.3. The lowest BCUT2D eigenvalue weighted by atomic mass is 9.51. The molecule has 0 aromatic rings. The van der Waals surface area contributed by atoms with E-state index in [0.717, 1.165) is 32.1 Å². The summed E-state index contributed by atoms with van der Waals surface area (Å²) in [5.41, 5.74) is -0.531. The van der Waals surface area contributed by atoms with Crippen LogP contribution in [0.4, 0.5) is 0 Å². The van der Waals surface area contributed by atoms with E-state index in [2.05, 4.69) is 5.32 Å². The first kappa shape index (κ1) is 9.64. The Balaban J connectivity index is 1.89. The molecule has 84 valence electrons. The molecule has 0 aromatic carbocycles. The molecule has 0 saturated heterocycles. The number of rotatable bonds is 1. The van der Waals surface area contributed by atoms with E-state index in [1.165, 1.54) is 6.42 Å². The average Bonchev–Trinajstić information content (AvgIpc) is 1.94. The second kappa shape index (κ2) is 2.76. The third-order valence-electron chi connectivity index (χ3n) is 4.47. The zero-order chi connectivity index (χ0) is 10.7. The van der Waals surface area contributed by atoms with Crippen LogP contribution >= 0.6 is 0 Å². The summed E-state index contributed by atoms with van der Waals surface area (Å²) in [5.74, 6) is 1.34. The smallest absolute Gasteiger partial charge is 0.217 e. The molecule has 4 aliphatic rings. The Bertz CT molecular complexity index is 299. The predicted octanol–water partition coefficient (Wildman–Crippen LogP) is 1.21. The van der Waals surface area contributed by atoms with Crippen LogP contribution in [0, 0.1) is 11.8 Å². The van der Waals surface area contributed by atoms with Crippen LogP contribution in [-0.2, 0) is 4.79 Å². The monoisotopic (exact) mass is 209 g/mol. The van der Waals surface area contributed by atoms with E-state index in [-0.39, 0.29) is 11.4 Å². The van der Waals surface area contributed by atoms with E-state index in [9.17, 15) is 9.90 Å². The third-order valence-corrected chi connectivity index (χ3v) is 4.47. The zero-order valence-corrected chi connectivity index (χ0v) is 9.25. The van der Waals surface area contributed by atoms with Crippen LogP contribution < -0.4 is 5.32 Å². The topological polar surface area (TPSA) is 49.3 Å². The molecule has 4 aliphatic carbocycles. The van der Waals surface area contributed by atoms with Gasteiger partial charge in [0.05, 0.1) is 5.60 Å². The fourth-order valence-corrected chi connectivity index (χ4v) is 4.73. The fourth-order valence-electron chi connectivity index (χ4n) is 4.73. The Labute approximate surface area is 90.2 Å². The normalized spacial score (nSPS) is 51.9. The van der Waals surface area contributed by atoms with Crippen molar-refractivity contribution in [1.82, 2.24) is 5.32 Å². The molecule has 15 heavy (non-hydrogen) atoms. The SMILES string of the molecule is CC(=O)NC12C[C@@H]3C[C@H](CC(O)(C3)C1)C2. The first-order valence-corrected chi connectivity index (χ1v) is 6.00. The van der Waals surface area contributed by atoms with Gasteiger partial charge in [-0.05, 0) is 50.4 Å². The van der Waals surface area contributed by atoms with E-state index in [1.807, 2.05) is 0 Å². The molecule has 0 aliphatic heterocycles. The van der Waals surface area contributed by atoms with Gasteiger partial charge in [0, 0.05) is 12.5 Å². The summed E-state index contributed by atoms with van der Waals surface area (Å²) < 4.78 is 0. The van der Waals surface area contributed by atoms with Crippen molar-refractivity contribution in [1.29, 1.82) is 0 Å². The molecule has 1 amide bonds. The van der Waals surface area contributed by atoms with Crippen molar-refractivity contribution in [2.24, 2.45) is 11.8 Å². The summed E-state index contributed by atoms with van der Waals surface area (Å²) in [4.78, 5) is 11.2. The van der Waals surface area contributed by atoms with Gasteiger partial charge in [-0.15, -0.1) is 0 Å². The number of hydrogen-bond acceptors (Lipinski definition) is 2. The molecule has 0 heterocycles. The summed E-state index contributed by atoms with van der Waals surface area (Å²) in [6, 6.07) is 0. The second-order valence-electron chi connectivity index (χ2n) is 6.15. The van der Waals surface area contributed by atoms with Gasteiger partial charge in [-0.2, -0.15) is 0 Å². The Hall–Kier alpha value is -0.570. The number of hydrogen-bond donors (Lipinski definition) is 2. The lowest BCUT2D eigenvalue weighted by molar-refractivity contribution is -0.149. The predicted molar refractivity (Wildman–Crippen MR) is 56.2 cm³/mol. The molecular weight excluding hydrogens is 190 g/mol. The molecule has 3 nitrogen and oxygen atoms in total. The van der Waals surface area contributed by atoms with E-state index in [4.69, 9.17) is 0 Å². The summed E-state index contributed by atoms with van der Waals surface area (Å²) in [7, 11) is 0. The van der Waals surface area contributed by atoms with Crippen molar-refractivity contribution in [2.75, 3.05) is 0 Å². The summed E-state index contributed by atoms with van der Waals surface area (Å²) in [6.07, 6.45) is 6.16. The third kappa shape index (κ3) is 1.48. The number of nitrogens with one attached hydrogen (secondary N) is 1. The number of carbonyl (C=O) groups excluding carboxylic acids is 1. The highest BCUT2D eigenvalue weighted by Crippen LogP contribution is 2.57. The molecule has 0 spiro atoms. The minimum atomic E-state index is -0.466. The van der Waals surface area contributed by atoms with Crippen molar-refractivity contribution in [3.8, 4) is 0 Å². The summed E-state index contributed by atoms with van der Waals surface area (Å²) in [6.45, 7) is 1.59. The Morgan fingerprint density at radius 3 is 2.33 bits per heavy atom. The number of aliphatic hydroxyl groups is 1. The molecule has 0 aromatic heterocycles. The van der Waals surface area contributed by atoms with E-state index in [0.29, 0.717) is 11.8 Å². The molecule has 4 rings (SSSR count).